The first-order chi connectivity index (χ1) is 9.93. The van der Waals surface area contributed by atoms with E-state index in [0.29, 0.717) is 11.3 Å². The Morgan fingerprint density at radius 2 is 1.95 bits per heavy atom. The molecule has 0 fully saturated rings. The molecule has 6 nitrogen and oxygen atoms in total. The Labute approximate surface area is 123 Å². The Morgan fingerprint density at radius 1 is 1.33 bits per heavy atom. The van der Waals surface area contributed by atoms with Gasteiger partial charge < -0.3 is 20.3 Å². The number of rotatable bonds is 7. The predicted molar refractivity (Wildman–Crippen MR) is 77.9 cm³/mol. The Bertz CT molecular complexity index is 507. The summed E-state index contributed by atoms with van der Waals surface area (Å²) < 4.78 is 5.19. The van der Waals surface area contributed by atoms with Gasteiger partial charge in [0.15, 0.2) is 6.10 Å². The third-order valence-electron chi connectivity index (χ3n) is 2.67. The maximum absolute atomic E-state index is 11.5. The van der Waals surface area contributed by atoms with Crippen LogP contribution in [0.25, 0.3) is 0 Å². The zero-order chi connectivity index (χ0) is 15.8. The Balaban J connectivity index is 2.79. The quantitative estimate of drug-likeness (QED) is 0.523. The van der Waals surface area contributed by atoms with Crippen LogP contribution in [0.1, 0.15) is 25.5 Å². The van der Waals surface area contributed by atoms with Gasteiger partial charge in [-0.25, -0.2) is 4.79 Å². The van der Waals surface area contributed by atoms with E-state index in [2.05, 4.69) is 5.32 Å². The molecule has 21 heavy (non-hydrogen) atoms. The summed E-state index contributed by atoms with van der Waals surface area (Å²) in [5, 5.41) is 21.0. The summed E-state index contributed by atoms with van der Waals surface area (Å²) in [5.74, 6) is -1.49. The normalized spacial score (nSPS) is 13.7. The maximum Gasteiger partial charge on any atom is 0.331 e. The second-order valence-electron chi connectivity index (χ2n) is 4.47. The third-order valence-corrected chi connectivity index (χ3v) is 2.67. The molecule has 0 spiro atoms. The lowest BCUT2D eigenvalue weighted by molar-refractivity contribution is -0.149. The standard InChI is InChI=1S/C15H19NO5/c1-3-4-14(20)21-15(10(2)17)11-5-7-12(8-6-11)16-9-13(18)19/h3-8,10,15-17H,9H2,1-2H3,(H,18,19)/b4-3+. The second-order valence-corrected chi connectivity index (χ2v) is 4.47. The van der Waals surface area contributed by atoms with E-state index in [1.807, 2.05) is 0 Å². The van der Waals surface area contributed by atoms with Crippen LogP contribution in [0.15, 0.2) is 36.4 Å². The van der Waals surface area contributed by atoms with Crippen molar-refractivity contribution < 1.29 is 24.5 Å². The number of ether oxygens (including phenoxy) is 1. The Morgan fingerprint density at radius 3 is 2.43 bits per heavy atom. The molecule has 2 unspecified atom stereocenters. The fourth-order valence-corrected chi connectivity index (χ4v) is 1.71. The van der Waals surface area contributed by atoms with Crippen LogP contribution in [0.4, 0.5) is 5.69 Å². The van der Waals surface area contributed by atoms with Crippen LogP contribution in [0.5, 0.6) is 0 Å². The lowest BCUT2D eigenvalue weighted by Gasteiger charge is -2.20. The van der Waals surface area contributed by atoms with Crippen LogP contribution in [-0.2, 0) is 14.3 Å². The topological polar surface area (TPSA) is 95.9 Å². The summed E-state index contributed by atoms with van der Waals surface area (Å²) in [6.45, 7) is 3.04. The summed E-state index contributed by atoms with van der Waals surface area (Å²) in [4.78, 5) is 21.9. The average molecular weight is 293 g/mol. The fraction of sp³-hybridized carbons (Fsp3) is 0.333. The van der Waals surface area contributed by atoms with Gasteiger partial charge in [-0.3, -0.25) is 4.79 Å². The van der Waals surface area contributed by atoms with Crippen LogP contribution in [-0.4, -0.2) is 34.8 Å². The number of allylic oxidation sites excluding steroid dienone is 1. The summed E-state index contributed by atoms with van der Waals surface area (Å²) in [6, 6.07) is 6.67. The van der Waals surface area contributed by atoms with Crippen molar-refractivity contribution in [1.29, 1.82) is 0 Å². The molecule has 0 aliphatic carbocycles. The molecule has 0 saturated heterocycles. The molecular formula is C15H19NO5. The van der Waals surface area contributed by atoms with Crippen LogP contribution in [0.3, 0.4) is 0 Å². The number of carboxylic acids is 1. The zero-order valence-corrected chi connectivity index (χ0v) is 11.9. The van der Waals surface area contributed by atoms with Gasteiger partial charge in [0, 0.05) is 11.8 Å². The molecule has 0 bridgehead atoms. The first-order valence-electron chi connectivity index (χ1n) is 6.51. The van der Waals surface area contributed by atoms with Crippen molar-refractivity contribution >= 4 is 17.6 Å². The van der Waals surface area contributed by atoms with E-state index in [1.54, 1.807) is 37.3 Å². The highest BCUT2D eigenvalue weighted by atomic mass is 16.6. The summed E-state index contributed by atoms with van der Waals surface area (Å²) in [6.07, 6.45) is 1.19. The number of carbonyl (C=O) groups is 2. The number of aliphatic hydroxyl groups excluding tert-OH is 1. The molecule has 1 aromatic carbocycles. The molecule has 2 atom stereocenters. The van der Waals surface area contributed by atoms with Crippen molar-refractivity contribution in [2.24, 2.45) is 0 Å². The van der Waals surface area contributed by atoms with Gasteiger partial charge in [-0.2, -0.15) is 0 Å². The van der Waals surface area contributed by atoms with Gasteiger partial charge in [-0.1, -0.05) is 18.2 Å². The second kappa shape index (κ2) is 8.06. The largest absolute Gasteiger partial charge is 0.480 e. The number of hydrogen-bond acceptors (Lipinski definition) is 5. The van der Waals surface area contributed by atoms with E-state index < -0.39 is 24.1 Å². The van der Waals surface area contributed by atoms with Gasteiger partial charge in [0.2, 0.25) is 0 Å². The minimum absolute atomic E-state index is 0.185. The van der Waals surface area contributed by atoms with Crippen LogP contribution < -0.4 is 5.32 Å². The minimum atomic E-state index is -0.957. The molecule has 0 aliphatic heterocycles. The fourth-order valence-electron chi connectivity index (χ4n) is 1.71. The number of esters is 1. The highest BCUT2D eigenvalue weighted by Gasteiger charge is 2.20. The van der Waals surface area contributed by atoms with Crippen molar-refractivity contribution in [2.45, 2.75) is 26.1 Å². The first-order valence-corrected chi connectivity index (χ1v) is 6.51. The van der Waals surface area contributed by atoms with E-state index in [4.69, 9.17) is 9.84 Å². The van der Waals surface area contributed by atoms with E-state index in [0.717, 1.165) is 0 Å². The van der Waals surface area contributed by atoms with E-state index in [-0.39, 0.29) is 6.54 Å². The maximum atomic E-state index is 11.5. The highest BCUT2D eigenvalue weighted by molar-refractivity contribution is 5.82. The molecule has 0 saturated carbocycles. The number of carbonyl (C=O) groups excluding carboxylic acids is 1. The molecule has 114 valence electrons. The van der Waals surface area contributed by atoms with E-state index >= 15 is 0 Å². The van der Waals surface area contributed by atoms with Crippen molar-refractivity contribution in [3.8, 4) is 0 Å². The Kier molecular flexibility index (Phi) is 6.42. The number of nitrogens with one attached hydrogen (secondary N) is 1. The monoisotopic (exact) mass is 293 g/mol. The number of anilines is 1. The molecule has 6 heteroatoms. The molecule has 3 N–H and O–H groups in total. The van der Waals surface area contributed by atoms with Crippen LogP contribution >= 0.6 is 0 Å². The molecule has 0 aromatic heterocycles. The smallest absolute Gasteiger partial charge is 0.331 e. The number of aliphatic hydroxyl groups is 1. The van der Waals surface area contributed by atoms with Gasteiger partial charge in [-0.15, -0.1) is 0 Å². The summed E-state index contributed by atoms with van der Waals surface area (Å²) >= 11 is 0. The van der Waals surface area contributed by atoms with E-state index in [9.17, 15) is 14.7 Å². The van der Waals surface area contributed by atoms with E-state index in [1.165, 1.54) is 13.0 Å². The van der Waals surface area contributed by atoms with Gasteiger partial charge in [0.1, 0.15) is 6.54 Å². The average Bonchev–Trinajstić information content (AvgIpc) is 2.43. The van der Waals surface area contributed by atoms with Crippen molar-refractivity contribution in [3.05, 3.63) is 42.0 Å². The summed E-state index contributed by atoms with van der Waals surface area (Å²) in [5.41, 5.74) is 1.26. The Hall–Kier alpha value is -2.34. The van der Waals surface area contributed by atoms with Crippen molar-refractivity contribution in [2.75, 3.05) is 11.9 Å². The zero-order valence-electron chi connectivity index (χ0n) is 11.9. The van der Waals surface area contributed by atoms with Gasteiger partial charge in [-0.05, 0) is 31.5 Å². The third kappa shape index (κ3) is 5.66. The lowest BCUT2D eigenvalue weighted by Crippen LogP contribution is -2.20. The molecule has 0 amide bonds. The van der Waals surface area contributed by atoms with Crippen molar-refractivity contribution in [3.63, 3.8) is 0 Å². The molecular weight excluding hydrogens is 274 g/mol. The number of aliphatic carboxylic acids is 1. The number of hydrogen-bond donors (Lipinski definition) is 3. The predicted octanol–water partition coefficient (Wildman–Crippen LogP) is 1.72. The molecule has 1 rings (SSSR count). The molecule has 1 aromatic rings. The lowest BCUT2D eigenvalue weighted by atomic mass is 10.0. The first kappa shape index (κ1) is 16.7. The van der Waals surface area contributed by atoms with Crippen molar-refractivity contribution in [1.82, 2.24) is 0 Å². The molecule has 0 heterocycles. The van der Waals surface area contributed by atoms with Gasteiger partial charge in [0.25, 0.3) is 0 Å². The van der Waals surface area contributed by atoms with Gasteiger partial charge >= 0.3 is 11.9 Å². The number of benzene rings is 1. The summed E-state index contributed by atoms with van der Waals surface area (Å²) in [7, 11) is 0. The van der Waals surface area contributed by atoms with Crippen LogP contribution in [0.2, 0.25) is 0 Å². The minimum Gasteiger partial charge on any atom is -0.480 e. The highest BCUT2D eigenvalue weighted by Crippen LogP contribution is 2.23. The molecule has 0 radical (unpaired) electrons. The SMILES string of the molecule is C/C=C/C(=O)OC(c1ccc(NCC(=O)O)cc1)C(C)O. The van der Waals surface area contributed by atoms with Crippen LogP contribution in [0, 0.1) is 0 Å². The number of carboxylic acid groups (broad SMARTS) is 1. The molecule has 0 aliphatic rings. The van der Waals surface area contributed by atoms with Gasteiger partial charge in [0.05, 0.1) is 6.10 Å².